The predicted molar refractivity (Wildman–Crippen MR) is 102 cm³/mol. The maximum absolute atomic E-state index is 13.1. The highest BCUT2D eigenvalue weighted by Gasteiger charge is 2.47. The third-order valence-corrected chi connectivity index (χ3v) is 6.31. The molecule has 0 spiro atoms. The van der Waals surface area contributed by atoms with Crippen LogP contribution in [0.1, 0.15) is 32.1 Å². The minimum Gasteiger partial charge on any atom is -0.368 e. The number of nitrogens with zero attached hydrogens (tertiary/aromatic N) is 3. The van der Waals surface area contributed by atoms with Gasteiger partial charge in [-0.05, 0) is 37.1 Å². The number of benzene rings is 1. The molecule has 28 heavy (non-hydrogen) atoms. The van der Waals surface area contributed by atoms with Crippen molar-refractivity contribution in [2.24, 2.45) is 11.8 Å². The Morgan fingerprint density at radius 2 is 1.50 bits per heavy atom. The smallest absolute Gasteiger partial charge is 0.233 e. The zero-order valence-corrected chi connectivity index (χ0v) is 16.0. The molecule has 0 aromatic heterocycles. The Balaban J connectivity index is 1.27. The fourth-order valence-electron chi connectivity index (χ4n) is 4.68. The number of hydrogen-bond donors (Lipinski definition) is 0. The first-order valence-corrected chi connectivity index (χ1v) is 10.2. The summed E-state index contributed by atoms with van der Waals surface area (Å²) in [6.07, 6.45) is 3.79. The average molecular weight is 387 g/mol. The average Bonchev–Trinajstić information content (AvgIpc) is 2.97. The number of piperazine rings is 1. The SMILES string of the molecule is O=C(CCN1C(=O)[C@@H]2CCCC[C@H]2C1=O)N1CCN(c2ccc(F)cc2)CC1. The van der Waals surface area contributed by atoms with Crippen molar-refractivity contribution in [3.05, 3.63) is 30.1 Å². The Hall–Kier alpha value is -2.44. The summed E-state index contributed by atoms with van der Waals surface area (Å²) in [6, 6.07) is 6.37. The standard InChI is InChI=1S/C21H26FN3O3/c22-15-5-7-16(8-6-15)23-11-13-24(14-12-23)19(26)9-10-25-20(27)17-3-1-2-4-18(17)21(25)28/h5-8,17-18H,1-4,9-14H2/t17-,18-/m1/s1. The molecule has 1 aromatic carbocycles. The summed E-state index contributed by atoms with van der Waals surface area (Å²) in [7, 11) is 0. The summed E-state index contributed by atoms with van der Waals surface area (Å²) in [6.45, 7) is 2.74. The van der Waals surface area contributed by atoms with E-state index in [0.717, 1.165) is 31.4 Å². The van der Waals surface area contributed by atoms with E-state index in [1.54, 1.807) is 17.0 Å². The zero-order chi connectivity index (χ0) is 19.7. The van der Waals surface area contributed by atoms with Crippen LogP contribution in [0.4, 0.5) is 10.1 Å². The first-order valence-electron chi connectivity index (χ1n) is 10.2. The molecule has 3 aliphatic rings. The van der Waals surface area contributed by atoms with E-state index >= 15 is 0 Å². The van der Waals surface area contributed by atoms with Gasteiger partial charge in [-0.25, -0.2) is 4.39 Å². The van der Waals surface area contributed by atoms with Crippen molar-refractivity contribution < 1.29 is 18.8 Å². The first kappa shape index (κ1) is 18.9. The third-order valence-electron chi connectivity index (χ3n) is 6.31. The molecule has 0 unspecified atom stereocenters. The molecule has 3 fully saturated rings. The predicted octanol–water partition coefficient (Wildman–Crippen LogP) is 2.04. The Morgan fingerprint density at radius 1 is 0.929 bits per heavy atom. The molecule has 150 valence electrons. The molecule has 6 nitrogen and oxygen atoms in total. The van der Waals surface area contributed by atoms with Gasteiger partial charge in [-0.3, -0.25) is 19.3 Å². The second-order valence-electron chi connectivity index (χ2n) is 7.92. The summed E-state index contributed by atoms with van der Waals surface area (Å²) in [4.78, 5) is 42.8. The van der Waals surface area contributed by atoms with E-state index in [4.69, 9.17) is 0 Å². The second-order valence-corrected chi connectivity index (χ2v) is 7.92. The Bertz CT molecular complexity index is 735. The molecule has 4 rings (SSSR count). The minimum atomic E-state index is -0.261. The highest BCUT2D eigenvalue weighted by Crippen LogP contribution is 2.38. The molecule has 0 bridgehead atoms. The van der Waals surface area contributed by atoms with E-state index in [2.05, 4.69) is 4.90 Å². The van der Waals surface area contributed by atoms with Crippen molar-refractivity contribution >= 4 is 23.4 Å². The van der Waals surface area contributed by atoms with Gasteiger partial charge in [0.05, 0.1) is 11.8 Å². The quantitative estimate of drug-likeness (QED) is 0.742. The molecular weight excluding hydrogens is 361 g/mol. The van der Waals surface area contributed by atoms with Gasteiger partial charge in [0, 0.05) is 44.8 Å². The van der Waals surface area contributed by atoms with Gasteiger partial charge in [0.1, 0.15) is 5.82 Å². The molecule has 2 saturated heterocycles. The van der Waals surface area contributed by atoms with Crippen LogP contribution in [0.15, 0.2) is 24.3 Å². The van der Waals surface area contributed by atoms with Crippen LogP contribution in [0.5, 0.6) is 0 Å². The van der Waals surface area contributed by atoms with Crippen LogP contribution < -0.4 is 4.90 Å². The monoisotopic (exact) mass is 387 g/mol. The molecule has 0 radical (unpaired) electrons. The molecule has 1 aromatic rings. The third kappa shape index (κ3) is 3.62. The van der Waals surface area contributed by atoms with Gasteiger partial charge in [0.15, 0.2) is 0 Å². The maximum atomic E-state index is 13.1. The fourth-order valence-corrected chi connectivity index (χ4v) is 4.68. The van der Waals surface area contributed by atoms with Gasteiger partial charge in [-0.1, -0.05) is 12.8 Å². The zero-order valence-electron chi connectivity index (χ0n) is 16.0. The number of fused-ring (bicyclic) bond motifs is 1. The lowest BCUT2D eigenvalue weighted by molar-refractivity contribution is -0.140. The highest BCUT2D eigenvalue weighted by molar-refractivity contribution is 6.05. The fraction of sp³-hybridized carbons (Fsp3) is 0.571. The van der Waals surface area contributed by atoms with Gasteiger partial charge in [-0.2, -0.15) is 0 Å². The van der Waals surface area contributed by atoms with Crippen LogP contribution in [-0.2, 0) is 14.4 Å². The van der Waals surface area contributed by atoms with E-state index in [1.807, 2.05) is 0 Å². The van der Waals surface area contributed by atoms with Gasteiger partial charge < -0.3 is 9.80 Å². The number of rotatable bonds is 4. The summed E-state index contributed by atoms with van der Waals surface area (Å²) in [5.41, 5.74) is 0.948. The maximum Gasteiger partial charge on any atom is 0.233 e. The molecule has 1 saturated carbocycles. The number of hydrogen-bond acceptors (Lipinski definition) is 4. The van der Waals surface area contributed by atoms with E-state index in [9.17, 15) is 18.8 Å². The van der Waals surface area contributed by atoms with Crippen LogP contribution in [-0.4, -0.2) is 60.2 Å². The Morgan fingerprint density at radius 3 is 2.07 bits per heavy atom. The van der Waals surface area contributed by atoms with E-state index in [1.165, 1.54) is 17.0 Å². The van der Waals surface area contributed by atoms with Crippen molar-refractivity contribution in [2.45, 2.75) is 32.1 Å². The molecule has 3 amide bonds. The molecule has 2 aliphatic heterocycles. The van der Waals surface area contributed by atoms with Crippen LogP contribution in [0.3, 0.4) is 0 Å². The van der Waals surface area contributed by atoms with Crippen molar-refractivity contribution in [2.75, 3.05) is 37.6 Å². The van der Waals surface area contributed by atoms with Crippen LogP contribution in [0.2, 0.25) is 0 Å². The van der Waals surface area contributed by atoms with Gasteiger partial charge in [-0.15, -0.1) is 0 Å². The summed E-state index contributed by atoms with van der Waals surface area (Å²) < 4.78 is 13.1. The molecule has 2 atom stereocenters. The van der Waals surface area contributed by atoms with Gasteiger partial charge in [0.25, 0.3) is 0 Å². The summed E-state index contributed by atoms with van der Waals surface area (Å²) >= 11 is 0. The van der Waals surface area contributed by atoms with Crippen LogP contribution in [0.25, 0.3) is 0 Å². The van der Waals surface area contributed by atoms with Crippen LogP contribution >= 0.6 is 0 Å². The van der Waals surface area contributed by atoms with Crippen molar-refractivity contribution in [3.63, 3.8) is 0 Å². The first-order chi connectivity index (χ1) is 13.5. The molecular formula is C21H26FN3O3. The number of anilines is 1. The second kappa shape index (κ2) is 7.89. The molecule has 7 heteroatoms. The lowest BCUT2D eigenvalue weighted by Crippen LogP contribution is -2.49. The molecule has 0 N–H and O–H groups in total. The largest absolute Gasteiger partial charge is 0.368 e. The number of halogens is 1. The lowest BCUT2D eigenvalue weighted by atomic mass is 9.81. The number of carbonyl (C=O) groups is 3. The number of amides is 3. The topological polar surface area (TPSA) is 60.9 Å². The Labute approximate surface area is 164 Å². The molecule has 1 aliphatic carbocycles. The summed E-state index contributed by atoms with van der Waals surface area (Å²) in [5.74, 6) is -0.754. The van der Waals surface area contributed by atoms with E-state index < -0.39 is 0 Å². The highest BCUT2D eigenvalue weighted by atomic mass is 19.1. The van der Waals surface area contributed by atoms with Crippen molar-refractivity contribution in [1.29, 1.82) is 0 Å². The molecule has 2 heterocycles. The van der Waals surface area contributed by atoms with Crippen LogP contribution in [0, 0.1) is 17.7 Å². The van der Waals surface area contributed by atoms with Gasteiger partial charge >= 0.3 is 0 Å². The minimum absolute atomic E-state index is 0.0192. The number of likely N-dealkylation sites (tertiary alicyclic amines) is 1. The van der Waals surface area contributed by atoms with E-state index in [-0.39, 0.29) is 48.3 Å². The normalized spacial score (nSPS) is 25.2. The van der Waals surface area contributed by atoms with E-state index in [0.29, 0.717) is 26.2 Å². The van der Waals surface area contributed by atoms with Crippen molar-refractivity contribution in [3.8, 4) is 0 Å². The summed E-state index contributed by atoms with van der Waals surface area (Å²) in [5, 5.41) is 0. The number of imide groups is 1. The lowest BCUT2D eigenvalue weighted by Gasteiger charge is -2.36. The van der Waals surface area contributed by atoms with Gasteiger partial charge in [0.2, 0.25) is 17.7 Å². The number of carbonyl (C=O) groups excluding carboxylic acids is 3. The Kier molecular flexibility index (Phi) is 5.33. The van der Waals surface area contributed by atoms with Crippen molar-refractivity contribution in [1.82, 2.24) is 9.80 Å².